The largest absolute Gasteiger partial charge is 0.389 e. The highest BCUT2D eigenvalue weighted by Crippen LogP contribution is 2.42. The molecule has 3 aliphatic rings. The van der Waals surface area contributed by atoms with Gasteiger partial charge in [-0.25, -0.2) is 0 Å². The average Bonchev–Trinajstić information content (AvgIpc) is 2.79. The first kappa shape index (κ1) is 26.3. The van der Waals surface area contributed by atoms with Gasteiger partial charge in [0.05, 0.1) is 19.3 Å². The van der Waals surface area contributed by atoms with Crippen molar-refractivity contribution in [1.82, 2.24) is 0 Å². The lowest BCUT2D eigenvalue weighted by molar-refractivity contribution is -0.231. The standard InChI is InChI=1S/C26H45F3O3/c1-2-3-4-5-17-30-24-14-12-22(13-15-24)21-8-10-23(11-9-21)25-31-18-20(19-32-25)7-6-16-26(27,28)29/h20-25H,2-19H2,1H3/t20-,21?,22-,23?,24-,25-. The maximum atomic E-state index is 12.3. The Labute approximate surface area is 193 Å². The molecule has 0 radical (unpaired) electrons. The molecule has 0 aromatic carbocycles. The van der Waals surface area contributed by atoms with Gasteiger partial charge in [-0.2, -0.15) is 13.2 Å². The molecular weight excluding hydrogens is 417 g/mol. The van der Waals surface area contributed by atoms with Gasteiger partial charge in [0.2, 0.25) is 0 Å². The fourth-order valence-corrected chi connectivity index (χ4v) is 5.98. The maximum Gasteiger partial charge on any atom is 0.389 e. The first-order valence-electron chi connectivity index (χ1n) is 13.4. The number of hydrogen-bond donors (Lipinski definition) is 0. The summed E-state index contributed by atoms with van der Waals surface area (Å²) < 4.78 is 55.0. The van der Waals surface area contributed by atoms with Crippen LogP contribution in [0.4, 0.5) is 13.2 Å². The summed E-state index contributed by atoms with van der Waals surface area (Å²) in [7, 11) is 0. The van der Waals surface area contributed by atoms with Crippen molar-refractivity contribution in [2.75, 3.05) is 19.8 Å². The fourth-order valence-electron chi connectivity index (χ4n) is 5.98. The molecular formula is C26H45F3O3. The molecule has 6 heteroatoms. The molecule has 0 unspecified atom stereocenters. The molecule has 2 saturated carbocycles. The molecule has 188 valence electrons. The average molecular weight is 463 g/mol. The zero-order chi connectivity index (χ0) is 22.8. The number of ether oxygens (including phenoxy) is 3. The molecule has 1 aliphatic heterocycles. The molecule has 3 nitrogen and oxygen atoms in total. The number of hydrogen-bond acceptors (Lipinski definition) is 3. The van der Waals surface area contributed by atoms with Gasteiger partial charge >= 0.3 is 6.18 Å². The topological polar surface area (TPSA) is 27.7 Å². The summed E-state index contributed by atoms with van der Waals surface area (Å²) in [6.45, 7) is 4.27. The molecule has 3 rings (SSSR count). The van der Waals surface area contributed by atoms with Crippen LogP contribution in [0, 0.1) is 23.7 Å². The van der Waals surface area contributed by atoms with Crippen LogP contribution in [0.15, 0.2) is 0 Å². The van der Waals surface area contributed by atoms with Crippen LogP contribution in [0.5, 0.6) is 0 Å². The molecule has 3 fully saturated rings. The van der Waals surface area contributed by atoms with Crippen molar-refractivity contribution in [2.45, 2.75) is 122 Å². The Morgan fingerprint density at radius 2 is 1.34 bits per heavy atom. The van der Waals surface area contributed by atoms with E-state index in [1.165, 1.54) is 64.2 Å². The van der Waals surface area contributed by atoms with Crippen molar-refractivity contribution >= 4 is 0 Å². The van der Waals surface area contributed by atoms with E-state index in [2.05, 4.69) is 6.92 Å². The minimum absolute atomic E-state index is 0.106. The van der Waals surface area contributed by atoms with Gasteiger partial charge in [-0.05, 0) is 82.5 Å². The van der Waals surface area contributed by atoms with E-state index in [0.29, 0.717) is 31.7 Å². The summed E-state index contributed by atoms with van der Waals surface area (Å²) in [5.41, 5.74) is 0. The van der Waals surface area contributed by atoms with E-state index in [9.17, 15) is 13.2 Å². The van der Waals surface area contributed by atoms with Gasteiger partial charge < -0.3 is 14.2 Å². The van der Waals surface area contributed by atoms with Crippen LogP contribution < -0.4 is 0 Å². The van der Waals surface area contributed by atoms with Crippen molar-refractivity contribution in [3.05, 3.63) is 0 Å². The minimum atomic E-state index is -4.06. The van der Waals surface area contributed by atoms with E-state index >= 15 is 0 Å². The first-order chi connectivity index (χ1) is 15.4. The summed E-state index contributed by atoms with van der Waals surface area (Å²) in [5.74, 6) is 2.23. The predicted octanol–water partition coefficient (Wildman–Crippen LogP) is 7.67. The Bertz CT molecular complexity index is 489. The molecule has 0 aromatic rings. The van der Waals surface area contributed by atoms with Crippen LogP contribution in [0.1, 0.15) is 103 Å². The van der Waals surface area contributed by atoms with Crippen molar-refractivity contribution < 1.29 is 27.4 Å². The third-order valence-corrected chi connectivity index (χ3v) is 8.00. The summed E-state index contributed by atoms with van der Waals surface area (Å²) in [6, 6.07) is 0. The Morgan fingerprint density at radius 1 is 0.750 bits per heavy atom. The monoisotopic (exact) mass is 462 g/mol. The lowest BCUT2D eigenvalue weighted by Gasteiger charge is -2.41. The molecule has 0 spiro atoms. The minimum Gasteiger partial charge on any atom is -0.378 e. The number of rotatable bonds is 11. The van der Waals surface area contributed by atoms with E-state index in [0.717, 1.165) is 31.3 Å². The van der Waals surface area contributed by atoms with Crippen LogP contribution in [-0.4, -0.2) is 38.4 Å². The SMILES string of the molecule is CCCCCCO[C@H]1CC[C@H](C2CCC([C@H]3OC[C@H](CCCC(F)(F)F)CO3)CC2)CC1. The quantitative estimate of drug-likeness (QED) is 0.295. The van der Waals surface area contributed by atoms with Crippen molar-refractivity contribution in [1.29, 1.82) is 0 Å². The summed E-state index contributed by atoms with van der Waals surface area (Å²) in [5, 5.41) is 0. The third-order valence-electron chi connectivity index (χ3n) is 8.00. The highest BCUT2D eigenvalue weighted by molar-refractivity contribution is 4.84. The second-order valence-corrected chi connectivity index (χ2v) is 10.6. The molecule has 0 atom stereocenters. The normalized spacial score (nSPS) is 34.5. The van der Waals surface area contributed by atoms with E-state index in [4.69, 9.17) is 14.2 Å². The number of unbranched alkanes of at least 4 members (excludes halogenated alkanes) is 3. The van der Waals surface area contributed by atoms with Crippen LogP contribution in [0.3, 0.4) is 0 Å². The second kappa shape index (κ2) is 13.5. The Balaban J connectivity index is 1.25. The van der Waals surface area contributed by atoms with E-state index < -0.39 is 12.6 Å². The molecule has 0 bridgehead atoms. The third kappa shape index (κ3) is 9.13. The van der Waals surface area contributed by atoms with Crippen LogP contribution in [0.25, 0.3) is 0 Å². The number of halogens is 3. The molecule has 1 saturated heterocycles. The number of alkyl halides is 3. The van der Waals surface area contributed by atoms with E-state index in [-0.39, 0.29) is 18.6 Å². The Hall–Kier alpha value is -0.330. The lowest BCUT2D eigenvalue weighted by atomic mass is 9.70. The Kier molecular flexibility index (Phi) is 11.1. The first-order valence-corrected chi connectivity index (χ1v) is 13.4. The van der Waals surface area contributed by atoms with E-state index in [1.807, 2.05) is 0 Å². The highest BCUT2D eigenvalue weighted by atomic mass is 19.4. The van der Waals surface area contributed by atoms with Gasteiger partial charge in [-0.1, -0.05) is 26.2 Å². The van der Waals surface area contributed by atoms with Crippen LogP contribution in [-0.2, 0) is 14.2 Å². The summed E-state index contributed by atoms with van der Waals surface area (Å²) in [4.78, 5) is 0. The summed E-state index contributed by atoms with van der Waals surface area (Å²) >= 11 is 0. The fraction of sp³-hybridized carbons (Fsp3) is 1.00. The molecule has 0 N–H and O–H groups in total. The second-order valence-electron chi connectivity index (χ2n) is 10.6. The van der Waals surface area contributed by atoms with Gasteiger partial charge in [0.25, 0.3) is 0 Å². The van der Waals surface area contributed by atoms with Gasteiger partial charge in [0, 0.05) is 24.9 Å². The smallest absolute Gasteiger partial charge is 0.378 e. The van der Waals surface area contributed by atoms with Gasteiger partial charge in [0.15, 0.2) is 6.29 Å². The molecule has 1 heterocycles. The molecule has 0 aromatic heterocycles. The molecule has 0 amide bonds. The molecule has 32 heavy (non-hydrogen) atoms. The van der Waals surface area contributed by atoms with E-state index in [1.54, 1.807) is 0 Å². The summed E-state index contributed by atoms with van der Waals surface area (Å²) in [6.07, 6.45) is 11.3. The van der Waals surface area contributed by atoms with Crippen molar-refractivity contribution in [3.63, 3.8) is 0 Å². The maximum absolute atomic E-state index is 12.3. The zero-order valence-electron chi connectivity index (χ0n) is 20.1. The van der Waals surface area contributed by atoms with Gasteiger partial charge in [-0.15, -0.1) is 0 Å². The van der Waals surface area contributed by atoms with Crippen LogP contribution >= 0.6 is 0 Å². The predicted molar refractivity (Wildman–Crippen MR) is 120 cm³/mol. The van der Waals surface area contributed by atoms with Crippen LogP contribution in [0.2, 0.25) is 0 Å². The lowest BCUT2D eigenvalue weighted by Crippen LogP contribution is -2.39. The van der Waals surface area contributed by atoms with Gasteiger partial charge in [0.1, 0.15) is 0 Å². The van der Waals surface area contributed by atoms with Crippen molar-refractivity contribution in [2.24, 2.45) is 23.7 Å². The van der Waals surface area contributed by atoms with Crippen molar-refractivity contribution in [3.8, 4) is 0 Å². The highest BCUT2D eigenvalue weighted by Gasteiger charge is 2.36. The van der Waals surface area contributed by atoms with Gasteiger partial charge in [-0.3, -0.25) is 0 Å². The molecule has 2 aliphatic carbocycles. The Morgan fingerprint density at radius 3 is 1.94 bits per heavy atom. The zero-order valence-corrected chi connectivity index (χ0v) is 20.1.